The topological polar surface area (TPSA) is 89.9 Å². The van der Waals surface area contributed by atoms with E-state index in [1.165, 1.54) is 0 Å². The molecule has 1 atom stereocenters. The van der Waals surface area contributed by atoms with Gasteiger partial charge in [-0.25, -0.2) is 4.79 Å². The smallest absolute Gasteiger partial charge is 0.419 e. The molecule has 19 heavy (non-hydrogen) atoms. The molecule has 3 N–H and O–H groups in total. The summed E-state index contributed by atoms with van der Waals surface area (Å²) >= 11 is 0. The van der Waals surface area contributed by atoms with Gasteiger partial charge in [-0.15, -0.1) is 0 Å². The number of alkyl halides is 3. The molecule has 0 aromatic heterocycles. The Bertz CT molecular complexity index is 361. The van der Waals surface area contributed by atoms with Gasteiger partial charge >= 0.3 is 18.2 Å². The molecule has 0 aliphatic carbocycles. The van der Waals surface area contributed by atoms with Crippen molar-refractivity contribution in [3.05, 3.63) is 0 Å². The first kappa shape index (κ1) is 15.5. The van der Waals surface area contributed by atoms with E-state index in [0.717, 1.165) is 4.90 Å². The standard InChI is InChI=1S/C10H15F3N2O4/c11-10(12,13)9(19)3-5-15(6-9)8(18)14-4-1-2-7(16)17/h19H,1-6H2,(H,14,18)(H,16,17). The number of carbonyl (C=O) groups is 2. The van der Waals surface area contributed by atoms with E-state index in [-0.39, 0.29) is 25.9 Å². The highest BCUT2D eigenvalue weighted by Gasteiger charge is 2.57. The summed E-state index contributed by atoms with van der Waals surface area (Å²) in [5.74, 6) is -1.01. The van der Waals surface area contributed by atoms with E-state index in [1.54, 1.807) is 0 Å². The molecule has 0 bridgehead atoms. The maximum atomic E-state index is 12.5. The number of hydrogen-bond donors (Lipinski definition) is 3. The molecule has 0 aromatic carbocycles. The molecule has 6 nitrogen and oxygen atoms in total. The number of nitrogens with zero attached hydrogens (tertiary/aromatic N) is 1. The Hall–Kier alpha value is -1.51. The molecule has 1 fully saturated rings. The molecule has 0 saturated carbocycles. The number of carboxylic acids is 1. The molecule has 0 radical (unpaired) electrons. The lowest BCUT2D eigenvalue weighted by Gasteiger charge is -2.25. The number of carboxylic acid groups (broad SMARTS) is 1. The van der Waals surface area contributed by atoms with E-state index >= 15 is 0 Å². The number of rotatable bonds is 4. The second kappa shape index (κ2) is 5.64. The fourth-order valence-corrected chi connectivity index (χ4v) is 1.75. The normalized spacial score (nSPS) is 23.5. The molecule has 1 unspecified atom stereocenters. The van der Waals surface area contributed by atoms with Crippen molar-refractivity contribution in [2.75, 3.05) is 19.6 Å². The van der Waals surface area contributed by atoms with Crippen LogP contribution in [0.15, 0.2) is 0 Å². The average Bonchev–Trinajstić information content (AvgIpc) is 2.67. The number of aliphatic hydroxyl groups is 1. The third kappa shape index (κ3) is 3.98. The van der Waals surface area contributed by atoms with Crippen LogP contribution in [-0.4, -0.2) is 58.5 Å². The Balaban J connectivity index is 2.38. The largest absolute Gasteiger partial charge is 0.481 e. The maximum Gasteiger partial charge on any atom is 0.419 e. The minimum Gasteiger partial charge on any atom is -0.481 e. The van der Waals surface area contributed by atoms with Gasteiger partial charge in [-0.3, -0.25) is 4.79 Å². The Morgan fingerprint density at radius 3 is 2.47 bits per heavy atom. The third-order valence-corrected chi connectivity index (χ3v) is 2.91. The molecule has 1 heterocycles. The number of halogens is 3. The zero-order valence-electron chi connectivity index (χ0n) is 10.0. The van der Waals surface area contributed by atoms with Crippen LogP contribution in [0.4, 0.5) is 18.0 Å². The Labute approximate surface area is 107 Å². The van der Waals surface area contributed by atoms with Crippen LogP contribution in [0.2, 0.25) is 0 Å². The SMILES string of the molecule is O=C(O)CCCNC(=O)N1CCC(O)(C(F)(F)F)C1. The van der Waals surface area contributed by atoms with Gasteiger partial charge in [-0.05, 0) is 6.42 Å². The molecule has 1 saturated heterocycles. The number of aliphatic carboxylic acids is 1. The van der Waals surface area contributed by atoms with Crippen molar-refractivity contribution in [3.63, 3.8) is 0 Å². The highest BCUT2D eigenvalue weighted by atomic mass is 19.4. The van der Waals surface area contributed by atoms with Crippen molar-refractivity contribution < 1.29 is 33.0 Å². The number of β-amino-alcohol motifs (C(OH)–C–C–N with tert-alkyl or cyclic N) is 1. The fourth-order valence-electron chi connectivity index (χ4n) is 1.75. The zero-order chi connectivity index (χ0) is 14.7. The van der Waals surface area contributed by atoms with Crippen LogP contribution in [0.5, 0.6) is 0 Å². The maximum absolute atomic E-state index is 12.5. The van der Waals surface area contributed by atoms with Crippen LogP contribution in [0, 0.1) is 0 Å². The molecule has 110 valence electrons. The first-order valence-corrected chi connectivity index (χ1v) is 5.69. The number of carbonyl (C=O) groups excluding carboxylic acids is 1. The van der Waals surface area contributed by atoms with Gasteiger partial charge in [0.15, 0.2) is 5.60 Å². The predicted molar refractivity (Wildman–Crippen MR) is 57.5 cm³/mol. The van der Waals surface area contributed by atoms with Crippen LogP contribution in [-0.2, 0) is 4.79 Å². The van der Waals surface area contributed by atoms with E-state index in [2.05, 4.69) is 5.32 Å². The summed E-state index contributed by atoms with van der Waals surface area (Å²) in [6.07, 6.45) is -5.27. The average molecular weight is 284 g/mol. The minimum atomic E-state index is -4.77. The van der Waals surface area contributed by atoms with Gasteiger partial charge in [-0.1, -0.05) is 0 Å². The van der Waals surface area contributed by atoms with Gasteiger partial charge in [0, 0.05) is 25.9 Å². The monoisotopic (exact) mass is 284 g/mol. The highest BCUT2D eigenvalue weighted by molar-refractivity contribution is 5.74. The summed E-state index contributed by atoms with van der Waals surface area (Å²) in [6.45, 7) is -0.936. The molecule has 1 aliphatic heterocycles. The summed E-state index contributed by atoms with van der Waals surface area (Å²) in [5.41, 5.74) is -2.86. The van der Waals surface area contributed by atoms with Crippen LogP contribution in [0.25, 0.3) is 0 Å². The number of hydrogen-bond acceptors (Lipinski definition) is 3. The Morgan fingerprint density at radius 1 is 1.37 bits per heavy atom. The lowest BCUT2D eigenvalue weighted by atomic mass is 10.0. The van der Waals surface area contributed by atoms with Gasteiger partial charge in [0.05, 0.1) is 6.54 Å². The summed E-state index contributed by atoms with van der Waals surface area (Å²) < 4.78 is 37.5. The van der Waals surface area contributed by atoms with Gasteiger partial charge in [-0.2, -0.15) is 13.2 Å². The van der Waals surface area contributed by atoms with Crippen LogP contribution >= 0.6 is 0 Å². The quantitative estimate of drug-likeness (QED) is 0.658. The lowest BCUT2D eigenvalue weighted by molar-refractivity contribution is -0.253. The summed E-state index contributed by atoms with van der Waals surface area (Å²) in [7, 11) is 0. The second-order valence-corrected chi connectivity index (χ2v) is 4.43. The minimum absolute atomic E-state index is 0.0616. The molecule has 1 aliphatic rings. The summed E-state index contributed by atoms with van der Waals surface area (Å²) in [6, 6.07) is -0.731. The second-order valence-electron chi connectivity index (χ2n) is 4.43. The number of amides is 2. The zero-order valence-corrected chi connectivity index (χ0v) is 10.0. The Morgan fingerprint density at radius 2 is 2.00 bits per heavy atom. The Kier molecular flexibility index (Phi) is 4.61. The first-order chi connectivity index (χ1) is 8.66. The van der Waals surface area contributed by atoms with Crippen molar-refractivity contribution >= 4 is 12.0 Å². The van der Waals surface area contributed by atoms with Crippen LogP contribution < -0.4 is 5.32 Å². The summed E-state index contributed by atoms with van der Waals surface area (Å²) in [5, 5.41) is 20.0. The van der Waals surface area contributed by atoms with Crippen molar-refractivity contribution in [1.82, 2.24) is 10.2 Å². The van der Waals surface area contributed by atoms with Gasteiger partial charge in [0.2, 0.25) is 0 Å². The van der Waals surface area contributed by atoms with E-state index in [4.69, 9.17) is 5.11 Å². The van der Waals surface area contributed by atoms with Crippen LogP contribution in [0.1, 0.15) is 19.3 Å². The molecule has 1 rings (SSSR count). The molecular weight excluding hydrogens is 269 g/mol. The van der Waals surface area contributed by atoms with E-state index < -0.39 is 36.7 Å². The molecule has 0 aromatic rings. The molecule has 9 heteroatoms. The van der Waals surface area contributed by atoms with Gasteiger partial charge < -0.3 is 20.4 Å². The highest BCUT2D eigenvalue weighted by Crippen LogP contribution is 2.37. The van der Waals surface area contributed by atoms with Crippen LogP contribution in [0.3, 0.4) is 0 Å². The third-order valence-electron chi connectivity index (χ3n) is 2.91. The first-order valence-electron chi connectivity index (χ1n) is 5.69. The van der Waals surface area contributed by atoms with Crippen molar-refractivity contribution in [2.45, 2.75) is 31.0 Å². The van der Waals surface area contributed by atoms with Crippen molar-refractivity contribution in [3.8, 4) is 0 Å². The predicted octanol–water partition coefficient (Wildman–Crippen LogP) is 0.560. The number of nitrogens with one attached hydrogen (secondary N) is 1. The van der Waals surface area contributed by atoms with Crippen molar-refractivity contribution in [2.24, 2.45) is 0 Å². The fraction of sp³-hybridized carbons (Fsp3) is 0.800. The van der Waals surface area contributed by atoms with Crippen molar-refractivity contribution in [1.29, 1.82) is 0 Å². The van der Waals surface area contributed by atoms with E-state index in [9.17, 15) is 27.9 Å². The number of urea groups is 1. The molecule has 2 amide bonds. The van der Waals surface area contributed by atoms with E-state index in [0.29, 0.717) is 0 Å². The lowest BCUT2D eigenvalue weighted by Crippen LogP contribution is -2.49. The van der Waals surface area contributed by atoms with Gasteiger partial charge in [0.1, 0.15) is 0 Å². The van der Waals surface area contributed by atoms with E-state index in [1.807, 2.05) is 0 Å². The number of likely N-dealkylation sites (tertiary alicyclic amines) is 1. The molecule has 0 spiro atoms. The summed E-state index contributed by atoms with van der Waals surface area (Å²) in [4.78, 5) is 22.6. The van der Waals surface area contributed by atoms with Gasteiger partial charge in [0.25, 0.3) is 0 Å². The molecular formula is C10H15F3N2O4.